The topological polar surface area (TPSA) is 111 Å². The van der Waals surface area contributed by atoms with Crippen molar-refractivity contribution < 1.29 is 19.2 Å². The lowest BCUT2D eigenvalue weighted by Crippen LogP contribution is -2.19. The maximum atomic E-state index is 13.2. The van der Waals surface area contributed by atoms with Gasteiger partial charge in [-0.1, -0.05) is 36.4 Å². The average Bonchev–Trinajstić information content (AvgIpc) is 2.93. The van der Waals surface area contributed by atoms with Gasteiger partial charge in [0, 0.05) is 34.0 Å². The van der Waals surface area contributed by atoms with Gasteiger partial charge in [0.25, 0.3) is 11.6 Å². The van der Waals surface area contributed by atoms with Crippen molar-refractivity contribution in [3.8, 4) is 5.75 Å². The first-order valence-corrected chi connectivity index (χ1v) is 12.1. The number of nitro groups is 1. The molecule has 37 heavy (non-hydrogen) atoms. The smallest absolute Gasteiger partial charge is 0.269 e. The summed E-state index contributed by atoms with van der Waals surface area (Å²) < 4.78 is 5.17. The van der Waals surface area contributed by atoms with Gasteiger partial charge in [-0.05, 0) is 60.2 Å². The van der Waals surface area contributed by atoms with Crippen molar-refractivity contribution in [2.45, 2.75) is 10.1 Å². The normalized spacial score (nSPS) is 11.3. The molecule has 0 aromatic heterocycles. The van der Waals surface area contributed by atoms with Crippen LogP contribution < -0.4 is 15.4 Å². The highest BCUT2D eigenvalue weighted by atomic mass is 32.2. The standard InChI is InChI=1S/C28H23N3O5S/c1-36-24-9-5-8-20(18-24)27(32)29-22-12-16-25(17-13-22)37-26(19-6-3-2-4-7-19)28(33)30-21-10-14-23(15-11-21)31(34)35/h2-18,26H,1H3,(H,29,32)(H,30,33). The van der Waals surface area contributed by atoms with Crippen molar-refractivity contribution in [1.29, 1.82) is 0 Å². The summed E-state index contributed by atoms with van der Waals surface area (Å²) in [6.07, 6.45) is 0. The van der Waals surface area contributed by atoms with E-state index in [1.54, 1.807) is 43.5 Å². The summed E-state index contributed by atoms with van der Waals surface area (Å²) >= 11 is 1.36. The molecule has 0 fully saturated rings. The van der Waals surface area contributed by atoms with E-state index in [9.17, 15) is 19.7 Å². The first kappa shape index (κ1) is 25.5. The first-order chi connectivity index (χ1) is 17.9. The Labute approximate surface area is 217 Å². The molecule has 4 aromatic rings. The Morgan fingerprint density at radius 1 is 0.838 bits per heavy atom. The molecule has 0 heterocycles. The number of hydrogen-bond acceptors (Lipinski definition) is 6. The number of nitro benzene ring substituents is 1. The van der Waals surface area contributed by atoms with E-state index in [2.05, 4.69) is 10.6 Å². The number of rotatable bonds is 9. The lowest BCUT2D eigenvalue weighted by atomic mass is 10.1. The van der Waals surface area contributed by atoms with Crippen LogP contribution in [0.5, 0.6) is 5.75 Å². The molecule has 0 bridgehead atoms. The molecule has 8 nitrogen and oxygen atoms in total. The van der Waals surface area contributed by atoms with E-state index in [0.717, 1.165) is 10.5 Å². The zero-order chi connectivity index (χ0) is 26.2. The quantitative estimate of drug-likeness (QED) is 0.154. The van der Waals surface area contributed by atoms with Gasteiger partial charge >= 0.3 is 0 Å². The third-order valence-corrected chi connectivity index (χ3v) is 6.65. The molecule has 9 heteroatoms. The molecule has 1 atom stereocenters. The number of amides is 2. The molecule has 186 valence electrons. The van der Waals surface area contributed by atoms with Gasteiger partial charge in [-0.25, -0.2) is 0 Å². The maximum absolute atomic E-state index is 13.2. The van der Waals surface area contributed by atoms with Crippen LogP contribution in [0.3, 0.4) is 0 Å². The summed E-state index contributed by atoms with van der Waals surface area (Å²) in [5, 5.41) is 16.0. The van der Waals surface area contributed by atoms with Gasteiger partial charge in [-0.2, -0.15) is 0 Å². The Morgan fingerprint density at radius 3 is 2.14 bits per heavy atom. The zero-order valence-electron chi connectivity index (χ0n) is 19.8. The highest BCUT2D eigenvalue weighted by Gasteiger charge is 2.22. The number of ether oxygens (including phenoxy) is 1. The van der Waals surface area contributed by atoms with Gasteiger partial charge in [0.1, 0.15) is 11.0 Å². The predicted octanol–water partition coefficient (Wildman–Crippen LogP) is 6.33. The second-order valence-corrected chi connectivity index (χ2v) is 9.09. The summed E-state index contributed by atoms with van der Waals surface area (Å²) in [6, 6.07) is 29.1. The molecule has 0 aliphatic heterocycles. The molecule has 4 rings (SSSR count). The number of methoxy groups -OCH3 is 1. The van der Waals surface area contributed by atoms with Crippen LogP contribution in [0.25, 0.3) is 0 Å². The Hall–Kier alpha value is -4.63. The lowest BCUT2D eigenvalue weighted by molar-refractivity contribution is -0.384. The monoisotopic (exact) mass is 513 g/mol. The van der Waals surface area contributed by atoms with Crippen LogP contribution in [-0.4, -0.2) is 23.8 Å². The van der Waals surface area contributed by atoms with Gasteiger partial charge < -0.3 is 15.4 Å². The Bertz CT molecular complexity index is 1390. The van der Waals surface area contributed by atoms with Crippen LogP contribution in [0.15, 0.2) is 108 Å². The molecule has 0 aliphatic carbocycles. The van der Waals surface area contributed by atoms with Gasteiger partial charge in [0.15, 0.2) is 0 Å². The molecule has 0 saturated heterocycles. The van der Waals surface area contributed by atoms with Crippen LogP contribution in [0, 0.1) is 10.1 Å². The fourth-order valence-corrected chi connectivity index (χ4v) is 4.52. The van der Waals surface area contributed by atoms with Crippen molar-refractivity contribution in [2.24, 2.45) is 0 Å². The number of non-ortho nitro benzene ring substituents is 1. The third-order valence-electron chi connectivity index (χ3n) is 5.38. The molecular weight excluding hydrogens is 490 g/mol. The van der Waals surface area contributed by atoms with Gasteiger partial charge in [-0.15, -0.1) is 11.8 Å². The number of nitrogens with zero attached hydrogens (tertiary/aromatic N) is 1. The van der Waals surface area contributed by atoms with Gasteiger partial charge in [0.05, 0.1) is 12.0 Å². The Balaban J connectivity index is 1.47. The largest absolute Gasteiger partial charge is 0.497 e. The first-order valence-electron chi connectivity index (χ1n) is 11.3. The number of thioether (sulfide) groups is 1. The molecule has 0 spiro atoms. The van der Waals surface area contributed by atoms with Crippen LogP contribution in [0.4, 0.5) is 17.1 Å². The van der Waals surface area contributed by atoms with Crippen LogP contribution in [0.2, 0.25) is 0 Å². The Kier molecular flexibility index (Phi) is 8.17. The van der Waals surface area contributed by atoms with E-state index >= 15 is 0 Å². The molecular formula is C28H23N3O5S. The number of carbonyl (C=O) groups is 2. The number of carbonyl (C=O) groups excluding carboxylic acids is 2. The average molecular weight is 514 g/mol. The fraction of sp³-hybridized carbons (Fsp3) is 0.0714. The molecule has 0 saturated carbocycles. The highest BCUT2D eigenvalue weighted by molar-refractivity contribution is 8.00. The second kappa shape index (κ2) is 11.9. The molecule has 2 N–H and O–H groups in total. The molecule has 0 radical (unpaired) electrons. The van der Waals surface area contributed by atoms with Crippen molar-refractivity contribution >= 4 is 40.6 Å². The van der Waals surface area contributed by atoms with Crippen molar-refractivity contribution in [1.82, 2.24) is 0 Å². The highest BCUT2D eigenvalue weighted by Crippen LogP contribution is 2.37. The van der Waals surface area contributed by atoms with E-state index in [4.69, 9.17) is 4.74 Å². The summed E-state index contributed by atoms with van der Waals surface area (Å²) in [6.45, 7) is 0. The van der Waals surface area contributed by atoms with Gasteiger partial charge in [0.2, 0.25) is 5.91 Å². The van der Waals surface area contributed by atoms with Crippen LogP contribution >= 0.6 is 11.8 Å². The summed E-state index contributed by atoms with van der Waals surface area (Å²) in [7, 11) is 1.54. The van der Waals surface area contributed by atoms with Crippen LogP contribution in [-0.2, 0) is 4.79 Å². The fourth-order valence-electron chi connectivity index (χ4n) is 3.50. The minimum Gasteiger partial charge on any atom is -0.497 e. The molecule has 1 unspecified atom stereocenters. The van der Waals surface area contributed by atoms with Crippen molar-refractivity contribution in [3.63, 3.8) is 0 Å². The minimum absolute atomic E-state index is 0.0504. The minimum atomic E-state index is -0.575. The summed E-state index contributed by atoms with van der Waals surface area (Å²) in [5.41, 5.74) is 2.31. The van der Waals surface area contributed by atoms with E-state index in [-0.39, 0.29) is 17.5 Å². The van der Waals surface area contributed by atoms with E-state index in [1.807, 2.05) is 42.5 Å². The molecule has 4 aromatic carbocycles. The lowest BCUT2D eigenvalue weighted by Gasteiger charge is -2.17. The van der Waals surface area contributed by atoms with Crippen molar-refractivity contribution in [2.75, 3.05) is 17.7 Å². The predicted molar refractivity (Wildman–Crippen MR) is 144 cm³/mol. The van der Waals surface area contributed by atoms with Crippen LogP contribution in [0.1, 0.15) is 21.2 Å². The van der Waals surface area contributed by atoms with E-state index in [0.29, 0.717) is 22.7 Å². The maximum Gasteiger partial charge on any atom is 0.269 e. The number of benzene rings is 4. The summed E-state index contributed by atoms with van der Waals surface area (Å²) in [4.78, 5) is 37.0. The van der Waals surface area contributed by atoms with E-state index < -0.39 is 10.2 Å². The zero-order valence-corrected chi connectivity index (χ0v) is 20.6. The van der Waals surface area contributed by atoms with E-state index in [1.165, 1.54) is 36.0 Å². The number of hydrogen-bond donors (Lipinski definition) is 2. The number of nitrogens with one attached hydrogen (secondary N) is 2. The number of anilines is 2. The summed E-state index contributed by atoms with van der Waals surface area (Å²) in [5.74, 6) is 0.0720. The van der Waals surface area contributed by atoms with Crippen molar-refractivity contribution in [3.05, 3.63) is 124 Å². The molecule has 2 amide bonds. The molecule has 0 aliphatic rings. The second-order valence-electron chi connectivity index (χ2n) is 7.91. The van der Waals surface area contributed by atoms with Gasteiger partial charge in [-0.3, -0.25) is 19.7 Å². The Morgan fingerprint density at radius 2 is 1.49 bits per heavy atom. The third kappa shape index (κ3) is 6.74. The SMILES string of the molecule is COc1cccc(C(=O)Nc2ccc(SC(C(=O)Nc3ccc([N+](=O)[O-])cc3)c3ccccc3)cc2)c1.